The van der Waals surface area contributed by atoms with Gasteiger partial charge in [0.2, 0.25) is 5.91 Å². The second-order valence-electron chi connectivity index (χ2n) is 6.04. The molecule has 0 fully saturated rings. The van der Waals surface area contributed by atoms with Crippen LogP contribution in [0.4, 0.5) is 5.69 Å². The average Bonchev–Trinajstić information content (AvgIpc) is 2.34. The molecule has 0 aromatic heterocycles. The van der Waals surface area contributed by atoms with Crippen LogP contribution in [0.2, 0.25) is 0 Å². The summed E-state index contributed by atoms with van der Waals surface area (Å²) in [5.41, 5.74) is 2.14. The molecule has 0 spiro atoms. The van der Waals surface area contributed by atoms with Gasteiger partial charge in [-0.3, -0.25) is 9.59 Å². The number of anilines is 1. The molecule has 5 nitrogen and oxygen atoms in total. The van der Waals surface area contributed by atoms with Gasteiger partial charge in [0.15, 0.2) is 0 Å². The van der Waals surface area contributed by atoms with E-state index in [-0.39, 0.29) is 23.9 Å². The third-order valence-corrected chi connectivity index (χ3v) is 2.78. The second-order valence-corrected chi connectivity index (χ2v) is 6.04. The van der Waals surface area contributed by atoms with Gasteiger partial charge in [0, 0.05) is 23.3 Å². The quantitative estimate of drug-likeness (QED) is 0.778. The van der Waals surface area contributed by atoms with Gasteiger partial charge < -0.3 is 16.0 Å². The van der Waals surface area contributed by atoms with Gasteiger partial charge >= 0.3 is 0 Å². The van der Waals surface area contributed by atoms with Crippen molar-refractivity contribution in [2.24, 2.45) is 0 Å². The Hall–Kier alpha value is -2.04. The minimum absolute atomic E-state index is 0.0233. The van der Waals surface area contributed by atoms with Gasteiger partial charge in [-0.2, -0.15) is 0 Å². The first-order valence-corrected chi connectivity index (χ1v) is 7.16. The van der Waals surface area contributed by atoms with Gasteiger partial charge in [0.1, 0.15) is 0 Å². The molecular formula is C16H25N3O2. The molecule has 21 heavy (non-hydrogen) atoms. The van der Waals surface area contributed by atoms with Crippen LogP contribution in [0.25, 0.3) is 0 Å². The highest BCUT2D eigenvalue weighted by atomic mass is 16.2. The number of carbonyl (C=O) groups excluding carboxylic acids is 2. The fraction of sp³-hybridized carbons (Fsp3) is 0.500. The Morgan fingerprint density at radius 2 is 1.86 bits per heavy atom. The molecule has 0 saturated carbocycles. The van der Waals surface area contributed by atoms with Gasteiger partial charge in [-0.25, -0.2) is 0 Å². The lowest BCUT2D eigenvalue weighted by Crippen LogP contribution is -2.45. The predicted octanol–water partition coefficient (Wildman–Crippen LogP) is 2.07. The van der Waals surface area contributed by atoms with E-state index >= 15 is 0 Å². The van der Waals surface area contributed by atoms with Crippen LogP contribution in [-0.2, 0) is 4.79 Å². The van der Waals surface area contributed by atoms with Crippen LogP contribution in [0.1, 0.15) is 43.6 Å². The van der Waals surface area contributed by atoms with Crippen molar-refractivity contribution in [3.8, 4) is 0 Å². The Labute approximate surface area is 126 Å². The highest BCUT2D eigenvalue weighted by molar-refractivity contribution is 5.98. The van der Waals surface area contributed by atoms with Gasteiger partial charge in [-0.15, -0.1) is 0 Å². The number of aryl methyl sites for hydroxylation is 1. The van der Waals surface area contributed by atoms with Gasteiger partial charge in [0.05, 0.1) is 6.54 Å². The second kappa shape index (κ2) is 7.11. The predicted molar refractivity (Wildman–Crippen MR) is 85.6 cm³/mol. The number of benzene rings is 1. The van der Waals surface area contributed by atoms with Crippen molar-refractivity contribution in [1.29, 1.82) is 0 Å². The molecule has 116 valence electrons. The van der Waals surface area contributed by atoms with E-state index in [4.69, 9.17) is 0 Å². The van der Waals surface area contributed by atoms with Crippen LogP contribution >= 0.6 is 0 Å². The molecule has 5 heteroatoms. The fourth-order valence-electron chi connectivity index (χ4n) is 1.95. The lowest BCUT2D eigenvalue weighted by Gasteiger charge is -2.20. The number of hydrogen-bond donors (Lipinski definition) is 3. The highest BCUT2D eigenvalue weighted by Crippen LogP contribution is 2.14. The van der Waals surface area contributed by atoms with Crippen LogP contribution in [0.5, 0.6) is 0 Å². The normalized spacial score (nSPS) is 10.9. The summed E-state index contributed by atoms with van der Waals surface area (Å²) < 4.78 is 0. The topological polar surface area (TPSA) is 70.2 Å². The minimum Gasteiger partial charge on any atom is -0.385 e. The molecule has 0 unspecified atom stereocenters. The number of amides is 2. The summed E-state index contributed by atoms with van der Waals surface area (Å²) in [4.78, 5) is 23.8. The molecule has 1 aromatic carbocycles. The molecule has 0 aliphatic heterocycles. The van der Waals surface area contributed by atoms with E-state index in [1.54, 1.807) is 6.07 Å². The Morgan fingerprint density at radius 1 is 1.19 bits per heavy atom. The molecule has 3 N–H and O–H groups in total. The Bertz CT molecular complexity index is 519. The SMILES string of the molecule is CCNc1ccc(C(=O)NCC(=O)NC(C)(C)C)c(C)c1. The van der Waals surface area contributed by atoms with Crippen molar-refractivity contribution in [1.82, 2.24) is 10.6 Å². The molecule has 0 heterocycles. The van der Waals surface area contributed by atoms with Crippen molar-refractivity contribution in [3.05, 3.63) is 29.3 Å². The first-order valence-electron chi connectivity index (χ1n) is 7.16. The summed E-state index contributed by atoms with van der Waals surface area (Å²) >= 11 is 0. The third-order valence-electron chi connectivity index (χ3n) is 2.78. The summed E-state index contributed by atoms with van der Waals surface area (Å²) in [6.45, 7) is 10.4. The van der Waals surface area contributed by atoms with Crippen molar-refractivity contribution < 1.29 is 9.59 Å². The molecule has 0 bridgehead atoms. The van der Waals surface area contributed by atoms with Gasteiger partial charge in [-0.05, 0) is 58.4 Å². The van der Waals surface area contributed by atoms with Crippen molar-refractivity contribution in [2.45, 2.75) is 40.2 Å². The largest absolute Gasteiger partial charge is 0.385 e. The Balaban J connectivity index is 2.62. The van der Waals surface area contributed by atoms with E-state index in [1.807, 2.05) is 46.8 Å². The number of rotatable bonds is 5. The number of carbonyl (C=O) groups is 2. The lowest BCUT2D eigenvalue weighted by molar-refractivity contribution is -0.121. The lowest BCUT2D eigenvalue weighted by atomic mass is 10.1. The monoisotopic (exact) mass is 291 g/mol. The molecular weight excluding hydrogens is 266 g/mol. The molecule has 2 amide bonds. The van der Waals surface area contributed by atoms with E-state index in [0.717, 1.165) is 17.8 Å². The maximum atomic E-state index is 12.1. The van der Waals surface area contributed by atoms with E-state index in [2.05, 4.69) is 16.0 Å². The summed E-state index contributed by atoms with van der Waals surface area (Å²) in [6, 6.07) is 5.55. The first kappa shape index (κ1) is 17.0. The van der Waals surface area contributed by atoms with E-state index < -0.39 is 0 Å². The molecule has 0 atom stereocenters. The van der Waals surface area contributed by atoms with Crippen LogP contribution in [0.15, 0.2) is 18.2 Å². The highest BCUT2D eigenvalue weighted by Gasteiger charge is 2.15. The number of hydrogen-bond acceptors (Lipinski definition) is 3. The minimum atomic E-state index is -0.300. The maximum Gasteiger partial charge on any atom is 0.251 e. The molecule has 0 aliphatic rings. The zero-order chi connectivity index (χ0) is 16.0. The van der Waals surface area contributed by atoms with E-state index in [9.17, 15) is 9.59 Å². The van der Waals surface area contributed by atoms with Crippen LogP contribution in [0, 0.1) is 6.92 Å². The van der Waals surface area contributed by atoms with Crippen molar-refractivity contribution >= 4 is 17.5 Å². The maximum absolute atomic E-state index is 12.1. The Kier molecular flexibility index (Phi) is 5.76. The summed E-state index contributed by atoms with van der Waals surface area (Å²) in [6.07, 6.45) is 0. The van der Waals surface area contributed by atoms with Crippen molar-refractivity contribution in [3.63, 3.8) is 0 Å². The van der Waals surface area contributed by atoms with Gasteiger partial charge in [-0.1, -0.05) is 0 Å². The molecule has 0 aliphatic carbocycles. The van der Waals surface area contributed by atoms with Crippen LogP contribution in [0.3, 0.4) is 0 Å². The number of nitrogens with one attached hydrogen (secondary N) is 3. The van der Waals surface area contributed by atoms with Crippen LogP contribution in [-0.4, -0.2) is 30.4 Å². The van der Waals surface area contributed by atoms with E-state index in [1.165, 1.54) is 0 Å². The fourth-order valence-corrected chi connectivity index (χ4v) is 1.95. The summed E-state index contributed by atoms with van der Waals surface area (Å²) in [5.74, 6) is -0.433. The molecule has 0 radical (unpaired) electrons. The van der Waals surface area contributed by atoms with E-state index in [0.29, 0.717) is 5.56 Å². The smallest absolute Gasteiger partial charge is 0.251 e. The zero-order valence-electron chi connectivity index (χ0n) is 13.5. The summed E-state index contributed by atoms with van der Waals surface area (Å²) in [7, 11) is 0. The van der Waals surface area contributed by atoms with Gasteiger partial charge in [0.25, 0.3) is 5.91 Å². The summed E-state index contributed by atoms with van der Waals surface area (Å²) in [5, 5.41) is 8.64. The molecule has 1 aromatic rings. The zero-order valence-corrected chi connectivity index (χ0v) is 13.5. The molecule has 0 saturated heterocycles. The Morgan fingerprint density at radius 3 is 2.38 bits per heavy atom. The van der Waals surface area contributed by atoms with Crippen LogP contribution < -0.4 is 16.0 Å². The standard InChI is InChI=1S/C16H25N3O2/c1-6-17-12-7-8-13(11(2)9-12)15(21)18-10-14(20)19-16(3,4)5/h7-9,17H,6,10H2,1-5H3,(H,18,21)(H,19,20). The molecule has 1 rings (SSSR count). The van der Waals surface area contributed by atoms with Crippen molar-refractivity contribution in [2.75, 3.05) is 18.4 Å². The third kappa shape index (κ3) is 5.85. The first-order chi connectivity index (χ1) is 9.73. The average molecular weight is 291 g/mol.